The molecule has 0 bridgehead atoms. The third-order valence-corrected chi connectivity index (χ3v) is 2.22. The van der Waals surface area contributed by atoms with Crippen LogP contribution in [-0.4, -0.2) is 25.0 Å². The molecule has 78 valence electrons. The van der Waals surface area contributed by atoms with Gasteiger partial charge >= 0.3 is 0 Å². The lowest BCUT2D eigenvalue weighted by molar-refractivity contribution is -0.125. The van der Waals surface area contributed by atoms with Gasteiger partial charge in [0, 0.05) is 6.61 Å². The molecule has 2 unspecified atom stereocenters. The van der Waals surface area contributed by atoms with Crippen LogP contribution in [0.25, 0.3) is 0 Å². The van der Waals surface area contributed by atoms with E-state index in [-0.39, 0.29) is 24.3 Å². The lowest BCUT2D eigenvalue weighted by Crippen LogP contribution is -2.39. The predicted molar refractivity (Wildman–Crippen MR) is 53.5 cm³/mol. The Kier molecular flexibility index (Phi) is 6.82. The fourth-order valence-electron chi connectivity index (χ4n) is 0.985. The summed E-state index contributed by atoms with van der Waals surface area (Å²) in [4.78, 5) is 11.4. The first-order valence-corrected chi connectivity index (χ1v) is 4.99. The molecule has 3 nitrogen and oxygen atoms in total. The van der Waals surface area contributed by atoms with Crippen LogP contribution in [0.1, 0.15) is 33.6 Å². The number of rotatable bonds is 7. The van der Waals surface area contributed by atoms with E-state index in [0.717, 1.165) is 12.8 Å². The number of ketones is 1. The molecule has 0 heterocycles. The van der Waals surface area contributed by atoms with Crippen LogP contribution < -0.4 is 5.73 Å². The van der Waals surface area contributed by atoms with E-state index in [4.69, 9.17) is 10.5 Å². The Morgan fingerprint density at radius 1 is 1.46 bits per heavy atom. The van der Waals surface area contributed by atoms with Gasteiger partial charge in [0.05, 0.1) is 6.04 Å². The average Bonchev–Trinajstić information content (AvgIpc) is 2.15. The molecular formula is C10H21NO2. The molecular weight excluding hydrogens is 166 g/mol. The Balaban J connectivity index is 3.69. The van der Waals surface area contributed by atoms with Crippen LogP contribution in [0.4, 0.5) is 0 Å². The zero-order chi connectivity index (χ0) is 10.3. The first-order chi connectivity index (χ1) is 6.13. The number of hydrogen-bond acceptors (Lipinski definition) is 3. The minimum Gasteiger partial charge on any atom is -0.374 e. The number of carbonyl (C=O) groups is 1. The highest BCUT2D eigenvalue weighted by molar-refractivity contribution is 5.85. The van der Waals surface area contributed by atoms with Crippen LogP contribution >= 0.6 is 0 Å². The third-order valence-electron chi connectivity index (χ3n) is 2.22. The lowest BCUT2D eigenvalue weighted by Gasteiger charge is -2.16. The molecule has 0 saturated heterocycles. The van der Waals surface area contributed by atoms with Crippen molar-refractivity contribution in [3.8, 4) is 0 Å². The number of Topliss-reactive ketones (excluding diaryl/α,β-unsaturated/α-hetero) is 1. The average molecular weight is 187 g/mol. The second-order valence-electron chi connectivity index (χ2n) is 3.43. The molecule has 0 aliphatic carbocycles. The Bertz CT molecular complexity index is 148. The minimum absolute atomic E-state index is 0.0165. The van der Waals surface area contributed by atoms with Crippen LogP contribution in [-0.2, 0) is 9.53 Å². The Morgan fingerprint density at radius 3 is 2.54 bits per heavy atom. The van der Waals surface area contributed by atoms with Gasteiger partial charge in [-0.2, -0.15) is 0 Å². The molecule has 2 atom stereocenters. The van der Waals surface area contributed by atoms with Crippen LogP contribution in [0.3, 0.4) is 0 Å². The molecule has 0 saturated carbocycles. The zero-order valence-electron chi connectivity index (χ0n) is 8.88. The van der Waals surface area contributed by atoms with Crippen molar-refractivity contribution in [1.29, 1.82) is 0 Å². The fourth-order valence-corrected chi connectivity index (χ4v) is 0.985. The van der Waals surface area contributed by atoms with E-state index >= 15 is 0 Å². The van der Waals surface area contributed by atoms with Crippen molar-refractivity contribution >= 4 is 5.78 Å². The number of ether oxygens (including phenoxy) is 1. The van der Waals surface area contributed by atoms with E-state index in [9.17, 15) is 4.79 Å². The summed E-state index contributed by atoms with van der Waals surface area (Å²) >= 11 is 0. The van der Waals surface area contributed by atoms with E-state index in [0.29, 0.717) is 6.61 Å². The molecule has 0 aromatic rings. The van der Waals surface area contributed by atoms with Crippen LogP contribution in [0, 0.1) is 5.92 Å². The zero-order valence-corrected chi connectivity index (χ0v) is 8.88. The summed E-state index contributed by atoms with van der Waals surface area (Å²) in [5.74, 6) is 0.264. The highest BCUT2D eigenvalue weighted by Crippen LogP contribution is 2.06. The van der Waals surface area contributed by atoms with Crippen LogP contribution in [0.5, 0.6) is 0 Å². The van der Waals surface area contributed by atoms with Gasteiger partial charge in [-0.15, -0.1) is 0 Å². The smallest absolute Gasteiger partial charge is 0.175 e. The monoisotopic (exact) mass is 187 g/mol. The summed E-state index contributed by atoms with van der Waals surface area (Å²) in [5.41, 5.74) is 5.72. The Morgan fingerprint density at radius 2 is 2.08 bits per heavy atom. The standard InChI is InChI=1S/C10H21NO2/c1-4-6-13-7-9(12)10(11)8(3)5-2/h8,10H,4-7,11H2,1-3H3. The van der Waals surface area contributed by atoms with E-state index < -0.39 is 0 Å². The lowest BCUT2D eigenvalue weighted by atomic mass is 9.97. The summed E-state index contributed by atoms with van der Waals surface area (Å²) in [7, 11) is 0. The first kappa shape index (κ1) is 12.6. The molecule has 0 amide bonds. The van der Waals surface area contributed by atoms with Crippen LogP contribution in [0.2, 0.25) is 0 Å². The molecule has 13 heavy (non-hydrogen) atoms. The van der Waals surface area contributed by atoms with Crippen molar-refractivity contribution in [3.05, 3.63) is 0 Å². The van der Waals surface area contributed by atoms with E-state index in [1.165, 1.54) is 0 Å². The molecule has 0 rings (SSSR count). The normalized spacial score (nSPS) is 15.4. The SMILES string of the molecule is CCCOCC(=O)C(N)C(C)CC. The fraction of sp³-hybridized carbons (Fsp3) is 0.900. The Labute approximate surface area is 80.6 Å². The molecule has 0 fully saturated rings. The van der Waals surface area contributed by atoms with Gasteiger partial charge < -0.3 is 10.5 Å². The summed E-state index contributed by atoms with van der Waals surface area (Å²) in [6.45, 7) is 6.84. The van der Waals surface area contributed by atoms with Gasteiger partial charge in [-0.1, -0.05) is 27.2 Å². The van der Waals surface area contributed by atoms with Crippen molar-refractivity contribution < 1.29 is 9.53 Å². The van der Waals surface area contributed by atoms with E-state index in [1.54, 1.807) is 0 Å². The largest absolute Gasteiger partial charge is 0.374 e. The van der Waals surface area contributed by atoms with Crippen molar-refractivity contribution in [1.82, 2.24) is 0 Å². The van der Waals surface area contributed by atoms with Crippen molar-refractivity contribution in [2.24, 2.45) is 11.7 Å². The molecule has 0 aromatic heterocycles. The van der Waals surface area contributed by atoms with Crippen molar-refractivity contribution in [2.45, 2.75) is 39.7 Å². The molecule has 3 heteroatoms. The minimum atomic E-state index is -0.359. The first-order valence-electron chi connectivity index (χ1n) is 4.99. The van der Waals surface area contributed by atoms with Gasteiger partial charge in [-0.25, -0.2) is 0 Å². The van der Waals surface area contributed by atoms with Gasteiger partial charge in [-0.05, 0) is 12.3 Å². The summed E-state index contributed by atoms with van der Waals surface area (Å²) in [5, 5.41) is 0. The third kappa shape index (κ3) is 5.01. The summed E-state index contributed by atoms with van der Waals surface area (Å²) < 4.78 is 5.13. The second kappa shape index (κ2) is 7.04. The van der Waals surface area contributed by atoms with Gasteiger partial charge in [0.2, 0.25) is 0 Å². The molecule has 0 radical (unpaired) electrons. The van der Waals surface area contributed by atoms with Crippen molar-refractivity contribution in [3.63, 3.8) is 0 Å². The highest BCUT2D eigenvalue weighted by atomic mass is 16.5. The van der Waals surface area contributed by atoms with Crippen molar-refractivity contribution in [2.75, 3.05) is 13.2 Å². The summed E-state index contributed by atoms with van der Waals surface area (Å²) in [6.07, 6.45) is 1.87. The molecule has 0 aliphatic heterocycles. The number of carbonyl (C=O) groups excluding carboxylic acids is 1. The molecule has 2 N–H and O–H groups in total. The number of hydrogen-bond donors (Lipinski definition) is 1. The highest BCUT2D eigenvalue weighted by Gasteiger charge is 2.18. The maximum atomic E-state index is 11.4. The molecule has 0 aromatic carbocycles. The quantitative estimate of drug-likeness (QED) is 0.612. The molecule has 0 aliphatic rings. The van der Waals surface area contributed by atoms with Gasteiger partial charge in [0.25, 0.3) is 0 Å². The van der Waals surface area contributed by atoms with Gasteiger partial charge in [-0.3, -0.25) is 4.79 Å². The molecule has 0 spiro atoms. The second-order valence-corrected chi connectivity index (χ2v) is 3.43. The number of nitrogens with two attached hydrogens (primary N) is 1. The topological polar surface area (TPSA) is 52.3 Å². The predicted octanol–water partition coefficient (Wildman–Crippen LogP) is 1.36. The maximum absolute atomic E-state index is 11.4. The summed E-state index contributed by atoms with van der Waals surface area (Å²) in [6, 6.07) is -0.359. The van der Waals surface area contributed by atoms with E-state index in [1.807, 2.05) is 20.8 Å². The van der Waals surface area contributed by atoms with Gasteiger partial charge in [0.15, 0.2) is 5.78 Å². The van der Waals surface area contributed by atoms with Gasteiger partial charge in [0.1, 0.15) is 6.61 Å². The van der Waals surface area contributed by atoms with E-state index in [2.05, 4.69) is 0 Å². The maximum Gasteiger partial charge on any atom is 0.175 e. The Hall–Kier alpha value is -0.410. The van der Waals surface area contributed by atoms with Crippen LogP contribution in [0.15, 0.2) is 0 Å².